The monoisotopic (exact) mass is 324 g/mol. The van der Waals surface area contributed by atoms with Crippen LogP contribution in [0.5, 0.6) is 0 Å². The van der Waals surface area contributed by atoms with Gasteiger partial charge in [-0.2, -0.15) is 0 Å². The van der Waals surface area contributed by atoms with Gasteiger partial charge in [0.1, 0.15) is 0 Å². The number of carbonyl (C=O) groups is 1. The summed E-state index contributed by atoms with van der Waals surface area (Å²) in [7, 11) is 1.60. The number of carbonyl (C=O) groups excluding carboxylic acids is 1. The number of ether oxygens (including phenoxy) is 1. The first-order valence-corrected chi connectivity index (χ1v) is 8.25. The van der Waals surface area contributed by atoms with Gasteiger partial charge in [0.2, 0.25) is 5.91 Å². The Labute approximate surface area is 137 Å². The lowest BCUT2D eigenvalue weighted by atomic mass is 10.1. The maximum absolute atomic E-state index is 12.5. The average molecular weight is 325 g/mol. The molecule has 4 nitrogen and oxygen atoms in total. The van der Waals surface area contributed by atoms with Crippen molar-refractivity contribution in [2.75, 3.05) is 26.7 Å². The molecular formula is C17H25ClN2O2. The molecule has 1 fully saturated rings. The van der Waals surface area contributed by atoms with E-state index in [4.69, 9.17) is 22.1 Å². The fourth-order valence-corrected chi connectivity index (χ4v) is 2.56. The van der Waals surface area contributed by atoms with E-state index in [2.05, 4.69) is 0 Å². The lowest BCUT2D eigenvalue weighted by molar-refractivity contribution is -0.133. The SMILES string of the molecule is COC(CN)CC(=O)N(CCc1ccc(Cl)cc1)CC1CC1. The summed E-state index contributed by atoms with van der Waals surface area (Å²) < 4.78 is 5.23. The van der Waals surface area contributed by atoms with Crippen molar-refractivity contribution < 1.29 is 9.53 Å². The molecule has 1 atom stereocenters. The lowest BCUT2D eigenvalue weighted by Crippen LogP contribution is -2.38. The first-order valence-electron chi connectivity index (χ1n) is 7.87. The minimum Gasteiger partial charge on any atom is -0.380 e. The average Bonchev–Trinajstić information content (AvgIpc) is 3.34. The van der Waals surface area contributed by atoms with Crippen LogP contribution in [0.1, 0.15) is 24.8 Å². The Hall–Kier alpha value is -1.10. The van der Waals surface area contributed by atoms with E-state index in [0.29, 0.717) is 18.9 Å². The molecule has 1 aliphatic carbocycles. The Balaban J connectivity index is 1.90. The molecule has 1 unspecified atom stereocenters. The fraction of sp³-hybridized carbons (Fsp3) is 0.588. The highest BCUT2D eigenvalue weighted by Gasteiger charge is 2.27. The zero-order valence-corrected chi connectivity index (χ0v) is 13.9. The highest BCUT2D eigenvalue weighted by atomic mass is 35.5. The third kappa shape index (κ3) is 5.59. The molecule has 0 aromatic heterocycles. The standard InChI is InChI=1S/C17H25ClN2O2/c1-22-16(11-19)10-17(21)20(12-14-2-3-14)9-8-13-4-6-15(18)7-5-13/h4-7,14,16H,2-3,8-12,19H2,1H3. The van der Waals surface area contributed by atoms with Gasteiger partial charge in [0.25, 0.3) is 0 Å². The smallest absolute Gasteiger partial charge is 0.225 e. The Morgan fingerprint density at radius 3 is 2.64 bits per heavy atom. The van der Waals surface area contributed by atoms with Gasteiger partial charge in [-0.05, 0) is 42.9 Å². The van der Waals surface area contributed by atoms with E-state index in [9.17, 15) is 4.79 Å². The van der Waals surface area contributed by atoms with E-state index in [1.807, 2.05) is 29.2 Å². The molecule has 2 rings (SSSR count). The van der Waals surface area contributed by atoms with Crippen LogP contribution in [-0.4, -0.2) is 43.7 Å². The van der Waals surface area contributed by atoms with E-state index in [-0.39, 0.29) is 12.0 Å². The first kappa shape index (κ1) is 17.3. The van der Waals surface area contributed by atoms with Gasteiger partial charge in [-0.15, -0.1) is 0 Å². The van der Waals surface area contributed by atoms with Crippen molar-refractivity contribution >= 4 is 17.5 Å². The Morgan fingerprint density at radius 1 is 1.41 bits per heavy atom. The van der Waals surface area contributed by atoms with Crippen molar-refractivity contribution in [2.45, 2.75) is 31.8 Å². The zero-order valence-electron chi connectivity index (χ0n) is 13.1. The molecule has 0 radical (unpaired) electrons. The summed E-state index contributed by atoms with van der Waals surface area (Å²) in [6, 6.07) is 7.80. The van der Waals surface area contributed by atoms with Gasteiger partial charge in [0, 0.05) is 31.8 Å². The molecular weight excluding hydrogens is 300 g/mol. The maximum atomic E-state index is 12.5. The van der Waals surface area contributed by atoms with E-state index in [0.717, 1.165) is 24.5 Å². The first-order chi connectivity index (χ1) is 10.6. The summed E-state index contributed by atoms with van der Waals surface area (Å²) in [5, 5.41) is 0.737. The maximum Gasteiger partial charge on any atom is 0.225 e. The largest absolute Gasteiger partial charge is 0.380 e. The van der Waals surface area contributed by atoms with Gasteiger partial charge in [-0.3, -0.25) is 4.79 Å². The molecule has 0 heterocycles. The van der Waals surface area contributed by atoms with Gasteiger partial charge >= 0.3 is 0 Å². The second-order valence-electron chi connectivity index (χ2n) is 5.96. The van der Waals surface area contributed by atoms with Crippen LogP contribution in [-0.2, 0) is 16.0 Å². The quantitative estimate of drug-likeness (QED) is 0.759. The van der Waals surface area contributed by atoms with Crippen molar-refractivity contribution in [3.05, 3.63) is 34.9 Å². The van der Waals surface area contributed by atoms with Crippen LogP contribution in [0.25, 0.3) is 0 Å². The van der Waals surface area contributed by atoms with Crippen LogP contribution in [0.3, 0.4) is 0 Å². The van der Waals surface area contributed by atoms with Gasteiger partial charge in [-0.1, -0.05) is 23.7 Å². The Morgan fingerprint density at radius 2 is 2.09 bits per heavy atom. The predicted octanol–water partition coefficient (Wildman–Crippen LogP) is 2.48. The normalized spacial score (nSPS) is 15.6. The zero-order chi connectivity index (χ0) is 15.9. The number of hydrogen-bond acceptors (Lipinski definition) is 3. The van der Waals surface area contributed by atoms with E-state index >= 15 is 0 Å². The number of hydrogen-bond donors (Lipinski definition) is 1. The molecule has 1 amide bonds. The number of rotatable bonds is 9. The molecule has 1 aliphatic rings. The molecule has 1 aromatic carbocycles. The highest BCUT2D eigenvalue weighted by Crippen LogP contribution is 2.30. The molecule has 0 aliphatic heterocycles. The van der Waals surface area contributed by atoms with Crippen molar-refractivity contribution in [1.82, 2.24) is 4.90 Å². The van der Waals surface area contributed by atoms with Crippen molar-refractivity contribution in [3.8, 4) is 0 Å². The second-order valence-corrected chi connectivity index (χ2v) is 6.39. The molecule has 0 bridgehead atoms. The van der Waals surface area contributed by atoms with E-state index in [1.54, 1.807) is 7.11 Å². The summed E-state index contributed by atoms with van der Waals surface area (Å²) in [5.74, 6) is 0.811. The van der Waals surface area contributed by atoms with Gasteiger partial charge in [0.05, 0.1) is 12.5 Å². The summed E-state index contributed by atoms with van der Waals surface area (Å²) in [4.78, 5) is 14.4. The summed E-state index contributed by atoms with van der Waals surface area (Å²) >= 11 is 5.90. The van der Waals surface area contributed by atoms with Crippen molar-refractivity contribution in [2.24, 2.45) is 11.7 Å². The summed E-state index contributed by atoms with van der Waals surface area (Å²) in [6.07, 6.45) is 3.48. The van der Waals surface area contributed by atoms with Crippen molar-refractivity contribution in [1.29, 1.82) is 0 Å². The summed E-state index contributed by atoms with van der Waals surface area (Å²) in [6.45, 7) is 1.96. The third-order valence-corrected chi connectivity index (χ3v) is 4.36. The molecule has 122 valence electrons. The van der Waals surface area contributed by atoms with Gasteiger partial charge < -0.3 is 15.4 Å². The molecule has 2 N–H and O–H groups in total. The number of benzene rings is 1. The number of halogens is 1. The van der Waals surface area contributed by atoms with Crippen LogP contribution >= 0.6 is 11.6 Å². The molecule has 1 saturated carbocycles. The number of amides is 1. The topological polar surface area (TPSA) is 55.6 Å². The number of nitrogens with zero attached hydrogens (tertiary/aromatic N) is 1. The second kappa shape index (κ2) is 8.51. The third-order valence-electron chi connectivity index (χ3n) is 4.11. The molecule has 0 saturated heterocycles. The molecule has 22 heavy (non-hydrogen) atoms. The summed E-state index contributed by atoms with van der Waals surface area (Å²) in [5.41, 5.74) is 6.81. The van der Waals surface area contributed by atoms with Crippen LogP contribution < -0.4 is 5.73 Å². The van der Waals surface area contributed by atoms with E-state index in [1.165, 1.54) is 18.4 Å². The predicted molar refractivity (Wildman–Crippen MR) is 88.9 cm³/mol. The number of methoxy groups -OCH3 is 1. The molecule has 5 heteroatoms. The Kier molecular flexibility index (Phi) is 6.68. The fourth-order valence-electron chi connectivity index (χ4n) is 2.43. The van der Waals surface area contributed by atoms with Crippen LogP contribution in [0.4, 0.5) is 0 Å². The van der Waals surface area contributed by atoms with Crippen LogP contribution in [0.2, 0.25) is 5.02 Å². The van der Waals surface area contributed by atoms with Gasteiger partial charge in [0.15, 0.2) is 0 Å². The molecule has 0 spiro atoms. The minimum atomic E-state index is -0.190. The van der Waals surface area contributed by atoms with Gasteiger partial charge in [-0.25, -0.2) is 0 Å². The van der Waals surface area contributed by atoms with Crippen LogP contribution in [0.15, 0.2) is 24.3 Å². The highest BCUT2D eigenvalue weighted by molar-refractivity contribution is 6.30. The molecule has 1 aromatic rings. The van der Waals surface area contributed by atoms with E-state index < -0.39 is 0 Å². The van der Waals surface area contributed by atoms with Crippen LogP contribution in [0, 0.1) is 5.92 Å². The van der Waals surface area contributed by atoms with Crippen molar-refractivity contribution in [3.63, 3.8) is 0 Å². The Bertz CT molecular complexity index is 470. The lowest BCUT2D eigenvalue weighted by Gasteiger charge is -2.24. The minimum absolute atomic E-state index is 0.137. The number of nitrogens with two attached hydrogens (primary N) is 1.